The lowest BCUT2D eigenvalue weighted by molar-refractivity contribution is -0.139. The Morgan fingerprint density at radius 1 is 1.35 bits per heavy atom. The summed E-state index contributed by atoms with van der Waals surface area (Å²) in [4.78, 5) is 10.9. The number of hydrogen-bond acceptors (Lipinski definition) is 3. The number of carbonyl (C=O) groups is 1. The lowest BCUT2D eigenvalue weighted by atomic mass is 9.65. The molecule has 2 saturated carbocycles. The van der Waals surface area contributed by atoms with Crippen molar-refractivity contribution in [3.63, 3.8) is 0 Å². The normalized spacial score (nSPS) is 46.6. The summed E-state index contributed by atoms with van der Waals surface area (Å²) in [7, 11) is 0. The van der Waals surface area contributed by atoms with Gasteiger partial charge in [0.05, 0.1) is 5.60 Å². The second-order valence-corrected chi connectivity index (χ2v) is 7.23. The first kappa shape index (κ1) is 14.1. The second-order valence-electron chi connectivity index (χ2n) is 7.23. The van der Waals surface area contributed by atoms with Crippen LogP contribution in [0.5, 0.6) is 0 Å². The summed E-state index contributed by atoms with van der Waals surface area (Å²) < 4.78 is 11.4. The largest absolute Gasteiger partial charge is 0.461 e. The van der Waals surface area contributed by atoms with Gasteiger partial charge >= 0.3 is 5.97 Å². The fourth-order valence-corrected chi connectivity index (χ4v) is 4.83. The predicted molar refractivity (Wildman–Crippen MR) is 77.2 cm³/mol. The molecule has 3 rings (SSSR count). The first-order chi connectivity index (χ1) is 9.39. The molecule has 1 aliphatic heterocycles. The Kier molecular flexibility index (Phi) is 3.24. The monoisotopic (exact) mass is 278 g/mol. The average molecular weight is 278 g/mol. The van der Waals surface area contributed by atoms with Crippen LogP contribution in [0.4, 0.5) is 0 Å². The molecule has 3 nitrogen and oxygen atoms in total. The van der Waals surface area contributed by atoms with Crippen molar-refractivity contribution in [2.24, 2.45) is 17.8 Å². The summed E-state index contributed by atoms with van der Waals surface area (Å²) in [5, 5.41) is 0. The van der Waals surface area contributed by atoms with E-state index in [1.165, 1.54) is 32.6 Å². The molecule has 3 fully saturated rings. The number of carbonyl (C=O) groups excluding carboxylic acids is 1. The van der Waals surface area contributed by atoms with E-state index in [4.69, 9.17) is 9.47 Å². The molecule has 1 saturated heterocycles. The minimum atomic E-state index is -0.209. The van der Waals surface area contributed by atoms with Crippen molar-refractivity contribution in [2.45, 2.75) is 64.6 Å². The molecule has 3 aliphatic rings. The molecule has 1 heterocycles. The zero-order chi connectivity index (χ0) is 14.5. The third-order valence-corrected chi connectivity index (χ3v) is 5.82. The maximum absolute atomic E-state index is 10.9. The molecule has 5 unspecified atom stereocenters. The van der Waals surface area contributed by atoms with E-state index in [1.807, 2.05) is 0 Å². The van der Waals surface area contributed by atoms with Crippen LogP contribution >= 0.6 is 0 Å². The standard InChI is InChI=1S/C17H26O3/c1-11(10-19-13(3)18)9-14-6-5-12(2)15-7-8-16(4)17(14,15)20-16/h9,12,14-15H,5-8,10H2,1-4H3. The molecule has 0 aromatic heterocycles. The molecule has 0 aromatic carbocycles. The molecule has 1 spiro atoms. The molecule has 5 atom stereocenters. The molecule has 0 amide bonds. The van der Waals surface area contributed by atoms with E-state index < -0.39 is 0 Å². The van der Waals surface area contributed by atoms with Crippen LogP contribution in [-0.2, 0) is 14.3 Å². The van der Waals surface area contributed by atoms with Crippen molar-refractivity contribution in [1.82, 2.24) is 0 Å². The highest BCUT2D eigenvalue weighted by Crippen LogP contribution is 2.70. The second kappa shape index (κ2) is 4.59. The number of rotatable bonds is 3. The van der Waals surface area contributed by atoms with Gasteiger partial charge in [-0.3, -0.25) is 4.79 Å². The summed E-state index contributed by atoms with van der Waals surface area (Å²) in [6, 6.07) is 0. The summed E-state index contributed by atoms with van der Waals surface area (Å²) >= 11 is 0. The van der Waals surface area contributed by atoms with Crippen LogP contribution in [0.1, 0.15) is 53.4 Å². The molecule has 0 aromatic rings. The van der Waals surface area contributed by atoms with Gasteiger partial charge in [-0.15, -0.1) is 0 Å². The van der Waals surface area contributed by atoms with Crippen molar-refractivity contribution in [2.75, 3.05) is 6.61 Å². The van der Waals surface area contributed by atoms with E-state index in [1.54, 1.807) is 0 Å². The van der Waals surface area contributed by atoms with Gasteiger partial charge in [-0.25, -0.2) is 0 Å². The Labute approximate surface area is 121 Å². The maximum Gasteiger partial charge on any atom is 0.302 e. The molecule has 112 valence electrons. The fourth-order valence-electron chi connectivity index (χ4n) is 4.83. The third-order valence-electron chi connectivity index (χ3n) is 5.82. The lowest BCUT2D eigenvalue weighted by Crippen LogP contribution is -2.41. The van der Waals surface area contributed by atoms with Gasteiger partial charge in [0.2, 0.25) is 0 Å². The zero-order valence-electron chi connectivity index (χ0n) is 13.1. The van der Waals surface area contributed by atoms with Crippen LogP contribution in [0.3, 0.4) is 0 Å². The highest BCUT2D eigenvalue weighted by Gasteiger charge is 2.77. The zero-order valence-corrected chi connectivity index (χ0v) is 13.1. The molecule has 2 aliphatic carbocycles. The van der Waals surface area contributed by atoms with Crippen molar-refractivity contribution >= 4 is 5.97 Å². The SMILES string of the molecule is CC(=O)OCC(C)=CC1CCC(C)C2CCC3(C)OC123. The lowest BCUT2D eigenvalue weighted by Gasteiger charge is -2.38. The Morgan fingerprint density at radius 3 is 2.75 bits per heavy atom. The van der Waals surface area contributed by atoms with Crippen LogP contribution in [0.15, 0.2) is 11.6 Å². The molecular formula is C17H26O3. The van der Waals surface area contributed by atoms with E-state index in [2.05, 4.69) is 26.8 Å². The number of ether oxygens (including phenoxy) is 2. The summed E-state index contributed by atoms with van der Waals surface area (Å²) in [5.41, 5.74) is 1.34. The molecule has 3 heteroatoms. The number of esters is 1. The molecule has 0 radical (unpaired) electrons. The first-order valence-corrected chi connectivity index (χ1v) is 7.90. The van der Waals surface area contributed by atoms with Crippen molar-refractivity contribution in [3.05, 3.63) is 11.6 Å². The Hall–Kier alpha value is -0.830. The molecule has 0 bridgehead atoms. The van der Waals surface area contributed by atoms with Crippen LogP contribution in [0.25, 0.3) is 0 Å². The van der Waals surface area contributed by atoms with Gasteiger partial charge in [-0.05, 0) is 56.9 Å². The van der Waals surface area contributed by atoms with Gasteiger partial charge in [0.25, 0.3) is 0 Å². The van der Waals surface area contributed by atoms with E-state index in [0.29, 0.717) is 18.4 Å². The minimum Gasteiger partial charge on any atom is -0.461 e. The molecular weight excluding hydrogens is 252 g/mol. The van der Waals surface area contributed by atoms with Gasteiger partial charge in [0.15, 0.2) is 0 Å². The summed E-state index contributed by atoms with van der Waals surface area (Å²) in [6.07, 6.45) is 7.32. The summed E-state index contributed by atoms with van der Waals surface area (Å²) in [6.45, 7) is 8.60. The van der Waals surface area contributed by atoms with Gasteiger partial charge in [-0.2, -0.15) is 0 Å². The van der Waals surface area contributed by atoms with Crippen molar-refractivity contribution < 1.29 is 14.3 Å². The van der Waals surface area contributed by atoms with E-state index >= 15 is 0 Å². The highest BCUT2D eigenvalue weighted by atomic mass is 16.6. The van der Waals surface area contributed by atoms with Crippen LogP contribution in [-0.4, -0.2) is 23.8 Å². The van der Waals surface area contributed by atoms with Crippen LogP contribution < -0.4 is 0 Å². The van der Waals surface area contributed by atoms with Gasteiger partial charge in [0.1, 0.15) is 12.2 Å². The van der Waals surface area contributed by atoms with Crippen molar-refractivity contribution in [1.29, 1.82) is 0 Å². The van der Waals surface area contributed by atoms with Gasteiger partial charge in [0, 0.05) is 12.8 Å². The van der Waals surface area contributed by atoms with E-state index in [-0.39, 0.29) is 17.2 Å². The van der Waals surface area contributed by atoms with E-state index in [0.717, 1.165) is 11.5 Å². The third kappa shape index (κ3) is 1.93. The Morgan fingerprint density at radius 2 is 2.10 bits per heavy atom. The van der Waals surface area contributed by atoms with Gasteiger partial charge in [-0.1, -0.05) is 13.0 Å². The van der Waals surface area contributed by atoms with Gasteiger partial charge < -0.3 is 9.47 Å². The van der Waals surface area contributed by atoms with Crippen LogP contribution in [0.2, 0.25) is 0 Å². The maximum atomic E-state index is 10.9. The quantitative estimate of drug-likeness (QED) is 0.451. The Bertz CT molecular complexity index is 455. The minimum absolute atomic E-state index is 0.0855. The average Bonchev–Trinajstić information content (AvgIpc) is 2.87. The fraction of sp³-hybridized carbons (Fsp3) is 0.824. The Balaban J connectivity index is 1.77. The summed E-state index contributed by atoms with van der Waals surface area (Å²) in [5.74, 6) is 1.77. The number of hydrogen-bond donors (Lipinski definition) is 0. The van der Waals surface area contributed by atoms with Crippen LogP contribution in [0, 0.1) is 17.8 Å². The molecule has 20 heavy (non-hydrogen) atoms. The molecule has 0 N–H and O–H groups in total. The van der Waals surface area contributed by atoms with E-state index in [9.17, 15) is 4.79 Å². The first-order valence-electron chi connectivity index (χ1n) is 7.90. The van der Waals surface area contributed by atoms with Crippen molar-refractivity contribution in [3.8, 4) is 0 Å². The topological polar surface area (TPSA) is 38.8 Å². The predicted octanol–water partition coefficient (Wildman–Crippen LogP) is 3.48. The highest BCUT2D eigenvalue weighted by molar-refractivity contribution is 5.66. The number of epoxide rings is 1. The smallest absolute Gasteiger partial charge is 0.302 e.